The van der Waals surface area contributed by atoms with E-state index < -0.39 is 0 Å². The van der Waals surface area contributed by atoms with Gasteiger partial charge in [0.15, 0.2) is 0 Å². The molecule has 25 heavy (non-hydrogen) atoms. The van der Waals surface area contributed by atoms with E-state index in [4.69, 9.17) is 11.6 Å². The number of amides is 2. The van der Waals surface area contributed by atoms with Gasteiger partial charge in [0, 0.05) is 44.5 Å². The monoisotopic (exact) mass is 387 g/mol. The number of carbonyl (C=O) groups excluding carboxylic acids is 2. The third-order valence-electron chi connectivity index (χ3n) is 4.27. The molecule has 1 atom stereocenters. The number of halogens is 2. The average Bonchev–Trinajstić information content (AvgIpc) is 2.58. The van der Waals surface area contributed by atoms with E-state index in [0.717, 1.165) is 37.9 Å². The zero-order valence-electron chi connectivity index (χ0n) is 14.6. The molecule has 1 heterocycles. The Morgan fingerprint density at radius 1 is 1.28 bits per heavy atom. The standard InChI is InChI=1S/C18H26ClN3O2.ClH/c1-14(23)21-10-6-2-3-9-18(24)22-12-11-20-13-17(22)15-7-4-5-8-16(15)19;/h4-5,7-8,17,20H,2-3,6,9-13H2,1H3,(H,21,23);1H. The first-order chi connectivity index (χ1) is 11.6. The maximum absolute atomic E-state index is 12.6. The van der Waals surface area contributed by atoms with Gasteiger partial charge in [0.1, 0.15) is 0 Å². The lowest BCUT2D eigenvalue weighted by Gasteiger charge is -2.37. The first-order valence-electron chi connectivity index (χ1n) is 8.58. The second-order valence-corrected chi connectivity index (χ2v) is 6.53. The molecule has 2 amide bonds. The summed E-state index contributed by atoms with van der Waals surface area (Å²) in [5, 5.41) is 6.83. The molecule has 140 valence electrons. The maximum Gasteiger partial charge on any atom is 0.223 e. The molecule has 2 N–H and O–H groups in total. The fourth-order valence-electron chi connectivity index (χ4n) is 3.01. The van der Waals surface area contributed by atoms with Crippen LogP contribution in [-0.2, 0) is 9.59 Å². The van der Waals surface area contributed by atoms with Gasteiger partial charge in [0.25, 0.3) is 0 Å². The predicted octanol–water partition coefficient (Wildman–Crippen LogP) is 2.93. The fourth-order valence-corrected chi connectivity index (χ4v) is 3.27. The Kier molecular flexibility index (Phi) is 9.86. The number of piperazine rings is 1. The van der Waals surface area contributed by atoms with Crippen LogP contribution in [0.2, 0.25) is 5.02 Å². The molecule has 1 aromatic carbocycles. The molecule has 1 aromatic rings. The van der Waals surface area contributed by atoms with Crippen LogP contribution in [0.3, 0.4) is 0 Å². The zero-order chi connectivity index (χ0) is 17.4. The molecule has 2 rings (SSSR count). The number of nitrogens with zero attached hydrogens (tertiary/aromatic N) is 1. The van der Waals surface area contributed by atoms with Gasteiger partial charge in [-0.15, -0.1) is 12.4 Å². The van der Waals surface area contributed by atoms with Crippen molar-refractivity contribution in [3.63, 3.8) is 0 Å². The van der Waals surface area contributed by atoms with Crippen LogP contribution in [0.5, 0.6) is 0 Å². The van der Waals surface area contributed by atoms with Gasteiger partial charge in [0.05, 0.1) is 6.04 Å². The minimum Gasteiger partial charge on any atom is -0.356 e. The van der Waals surface area contributed by atoms with Crippen molar-refractivity contribution >= 4 is 35.8 Å². The van der Waals surface area contributed by atoms with Gasteiger partial charge in [-0.25, -0.2) is 0 Å². The Hall–Kier alpha value is -1.30. The highest BCUT2D eigenvalue weighted by molar-refractivity contribution is 6.31. The van der Waals surface area contributed by atoms with Crippen molar-refractivity contribution in [1.29, 1.82) is 0 Å². The Morgan fingerprint density at radius 2 is 2.04 bits per heavy atom. The van der Waals surface area contributed by atoms with E-state index in [-0.39, 0.29) is 30.3 Å². The summed E-state index contributed by atoms with van der Waals surface area (Å²) in [5.74, 6) is 0.176. The van der Waals surface area contributed by atoms with E-state index in [1.165, 1.54) is 6.92 Å². The highest BCUT2D eigenvalue weighted by Crippen LogP contribution is 2.29. The van der Waals surface area contributed by atoms with Gasteiger partial charge in [-0.2, -0.15) is 0 Å². The van der Waals surface area contributed by atoms with Gasteiger partial charge in [0.2, 0.25) is 11.8 Å². The van der Waals surface area contributed by atoms with Crippen molar-refractivity contribution in [2.45, 2.75) is 38.6 Å². The van der Waals surface area contributed by atoms with Crippen molar-refractivity contribution in [3.8, 4) is 0 Å². The van der Waals surface area contributed by atoms with Crippen LogP contribution in [0.4, 0.5) is 0 Å². The van der Waals surface area contributed by atoms with Crippen LogP contribution in [0.15, 0.2) is 24.3 Å². The van der Waals surface area contributed by atoms with Crippen molar-refractivity contribution in [3.05, 3.63) is 34.9 Å². The van der Waals surface area contributed by atoms with Crippen molar-refractivity contribution in [2.24, 2.45) is 0 Å². The van der Waals surface area contributed by atoms with Gasteiger partial charge in [-0.1, -0.05) is 36.2 Å². The van der Waals surface area contributed by atoms with Gasteiger partial charge >= 0.3 is 0 Å². The van der Waals surface area contributed by atoms with Crippen LogP contribution in [-0.4, -0.2) is 42.9 Å². The van der Waals surface area contributed by atoms with Crippen LogP contribution >= 0.6 is 24.0 Å². The molecule has 0 spiro atoms. The minimum absolute atomic E-state index is 0. The molecule has 1 unspecified atom stereocenters. The van der Waals surface area contributed by atoms with Crippen molar-refractivity contribution in [1.82, 2.24) is 15.5 Å². The molecule has 0 saturated carbocycles. The van der Waals surface area contributed by atoms with E-state index >= 15 is 0 Å². The first kappa shape index (κ1) is 21.7. The van der Waals surface area contributed by atoms with Gasteiger partial charge < -0.3 is 15.5 Å². The minimum atomic E-state index is -0.00512. The Morgan fingerprint density at radius 3 is 2.76 bits per heavy atom. The summed E-state index contributed by atoms with van der Waals surface area (Å²) >= 11 is 6.31. The number of carbonyl (C=O) groups is 2. The highest BCUT2D eigenvalue weighted by Gasteiger charge is 2.28. The average molecular weight is 388 g/mol. The van der Waals surface area contributed by atoms with Crippen LogP contribution in [0, 0.1) is 0 Å². The summed E-state index contributed by atoms with van der Waals surface area (Å²) in [5.41, 5.74) is 1.00. The van der Waals surface area contributed by atoms with E-state index in [1.54, 1.807) is 0 Å². The lowest BCUT2D eigenvalue weighted by atomic mass is 10.0. The molecule has 0 aliphatic carbocycles. The Bertz CT molecular complexity index is 569. The number of hydrogen-bond acceptors (Lipinski definition) is 3. The Labute approximate surface area is 160 Å². The summed E-state index contributed by atoms with van der Waals surface area (Å²) in [6.07, 6.45) is 3.23. The second-order valence-electron chi connectivity index (χ2n) is 6.12. The molecule has 1 aliphatic heterocycles. The quantitative estimate of drug-likeness (QED) is 0.706. The molecule has 1 aliphatic rings. The molecular formula is C18H27Cl2N3O2. The fraction of sp³-hybridized carbons (Fsp3) is 0.556. The maximum atomic E-state index is 12.6. The molecular weight excluding hydrogens is 361 g/mol. The Balaban J connectivity index is 0.00000312. The largest absolute Gasteiger partial charge is 0.356 e. The number of nitrogens with one attached hydrogen (secondary N) is 2. The SMILES string of the molecule is CC(=O)NCCCCCC(=O)N1CCNCC1c1ccccc1Cl.Cl. The lowest BCUT2D eigenvalue weighted by Crippen LogP contribution is -2.48. The van der Waals surface area contributed by atoms with E-state index in [1.807, 2.05) is 29.2 Å². The molecule has 5 nitrogen and oxygen atoms in total. The smallest absolute Gasteiger partial charge is 0.223 e. The van der Waals surface area contributed by atoms with Crippen LogP contribution in [0.1, 0.15) is 44.2 Å². The summed E-state index contributed by atoms with van der Waals surface area (Å²) in [6, 6.07) is 7.73. The highest BCUT2D eigenvalue weighted by atomic mass is 35.5. The zero-order valence-corrected chi connectivity index (χ0v) is 16.2. The number of unbranched alkanes of at least 4 members (excludes halogenated alkanes) is 2. The normalized spacial score (nSPS) is 16.9. The third-order valence-corrected chi connectivity index (χ3v) is 4.61. The van der Waals surface area contributed by atoms with Crippen LogP contribution in [0.25, 0.3) is 0 Å². The topological polar surface area (TPSA) is 61.4 Å². The number of hydrogen-bond donors (Lipinski definition) is 2. The van der Waals surface area contributed by atoms with Gasteiger partial charge in [-0.3, -0.25) is 9.59 Å². The molecule has 0 radical (unpaired) electrons. The van der Waals surface area contributed by atoms with Crippen molar-refractivity contribution in [2.75, 3.05) is 26.2 Å². The van der Waals surface area contributed by atoms with E-state index in [2.05, 4.69) is 10.6 Å². The molecule has 0 aromatic heterocycles. The molecule has 1 fully saturated rings. The number of rotatable bonds is 7. The summed E-state index contributed by atoms with van der Waals surface area (Å²) in [4.78, 5) is 25.4. The first-order valence-corrected chi connectivity index (χ1v) is 8.96. The third kappa shape index (κ3) is 6.84. The molecule has 7 heteroatoms. The molecule has 0 bridgehead atoms. The second kappa shape index (κ2) is 11.3. The van der Waals surface area contributed by atoms with E-state index in [9.17, 15) is 9.59 Å². The summed E-state index contributed by atoms with van der Waals surface area (Å²) in [7, 11) is 0. The predicted molar refractivity (Wildman–Crippen MR) is 103 cm³/mol. The summed E-state index contributed by atoms with van der Waals surface area (Å²) in [6.45, 7) is 4.45. The lowest BCUT2D eigenvalue weighted by molar-refractivity contribution is -0.134. The summed E-state index contributed by atoms with van der Waals surface area (Å²) < 4.78 is 0. The van der Waals surface area contributed by atoms with E-state index in [0.29, 0.717) is 24.5 Å². The molecule has 1 saturated heterocycles. The van der Waals surface area contributed by atoms with Gasteiger partial charge in [-0.05, 0) is 24.5 Å². The number of benzene rings is 1. The van der Waals surface area contributed by atoms with Crippen LogP contribution < -0.4 is 10.6 Å². The van der Waals surface area contributed by atoms with Crippen molar-refractivity contribution < 1.29 is 9.59 Å².